The number of carbonyl (C=O) groups is 1. The Kier molecular flexibility index (Phi) is 7.16. The van der Waals surface area contributed by atoms with Crippen LogP contribution in [-0.4, -0.2) is 24.2 Å². The molecule has 0 bridgehead atoms. The molecule has 0 aliphatic heterocycles. The summed E-state index contributed by atoms with van der Waals surface area (Å²) in [7, 11) is 0. The molecule has 0 atom stereocenters. The van der Waals surface area contributed by atoms with Crippen molar-refractivity contribution < 1.29 is 9.90 Å². The molecule has 0 saturated heterocycles. The van der Waals surface area contributed by atoms with Gasteiger partial charge >= 0.3 is 0 Å². The molecule has 0 fully saturated rings. The predicted octanol–water partition coefficient (Wildman–Crippen LogP) is 2.40. The molecule has 0 aliphatic carbocycles. The zero-order valence-corrected chi connectivity index (χ0v) is 11.5. The first kappa shape index (κ1) is 14.7. The Balaban J connectivity index is 2.35. The standard InChI is InChI=1S/C14H19NO2S/c1-2-3-4-5-10-15-14(17)13-9-8-12(18-13)7-6-11-16/h8-9,16H,2-5,10-11H2,1H3,(H,15,17). The first-order valence-corrected chi connectivity index (χ1v) is 7.07. The van der Waals surface area contributed by atoms with Crippen molar-refractivity contribution in [3.8, 4) is 11.8 Å². The lowest BCUT2D eigenvalue weighted by molar-refractivity contribution is 0.0957. The molecule has 18 heavy (non-hydrogen) atoms. The maximum absolute atomic E-state index is 11.8. The Bertz CT molecular complexity index is 428. The van der Waals surface area contributed by atoms with Crippen LogP contribution in [0.2, 0.25) is 0 Å². The summed E-state index contributed by atoms with van der Waals surface area (Å²) in [4.78, 5) is 13.2. The van der Waals surface area contributed by atoms with E-state index in [2.05, 4.69) is 24.1 Å². The van der Waals surface area contributed by atoms with Crippen LogP contribution in [0, 0.1) is 11.8 Å². The molecule has 1 heterocycles. The van der Waals surface area contributed by atoms with E-state index >= 15 is 0 Å². The number of hydrogen-bond donors (Lipinski definition) is 2. The van der Waals surface area contributed by atoms with Crippen LogP contribution in [-0.2, 0) is 0 Å². The fourth-order valence-corrected chi connectivity index (χ4v) is 2.29. The molecule has 1 rings (SSSR count). The van der Waals surface area contributed by atoms with Gasteiger partial charge in [-0.05, 0) is 18.6 Å². The van der Waals surface area contributed by atoms with Gasteiger partial charge in [-0.15, -0.1) is 11.3 Å². The van der Waals surface area contributed by atoms with Crippen LogP contribution >= 0.6 is 11.3 Å². The SMILES string of the molecule is CCCCCCNC(=O)c1ccc(C#CCO)s1. The summed E-state index contributed by atoms with van der Waals surface area (Å²) < 4.78 is 0. The van der Waals surface area contributed by atoms with Gasteiger partial charge < -0.3 is 10.4 Å². The summed E-state index contributed by atoms with van der Waals surface area (Å²) in [5.74, 6) is 5.33. The second-order valence-corrected chi connectivity index (χ2v) is 5.02. The summed E-state index contributed by atoms with van der Waals surface area (Å²) in [6, 6.07) is 3.58. The minimum Gasteiger partial charge on any atom is -0.384 e. The molecule has 1 aromatic heterocycles. The van der Waals surface area contributed by atoms with Gasteiger partial charge in [0.1, 0.15) is 6.61 Å². The van der Waals surface area contributed by atoms with Crippen LogP contribution in [0.4, 0.5) is 0 Å². The van der Waals surface area contributed by atoms with Crippen LogP contribution in [0.15, 0.2) is 12.1 Å². The van der Waals surface area contributed by atoms with Gasteiger partial charge in [-0.3, -0.25) is 4.79 Å². The van der Waals surface area contributed by atoms with Crippen molar-refractivity contribution in [2.24, 2.45) is 0 Å². The van der Waals surface area contributed by atoms with Gasteiger partial charge in [0, 0.05) is 6.54 Å². The van der Waals surface area contributed by atoms with Gasteiger partial charge in [0.2, 0.25) is 0 Å². The van der Waals surface area contributed by atoms with Gasteiger partial charge in [0.15, 0.2) is 0 Å². The van der Waals surface area contributed by atoms with Gasteiger partial charge in [-0.25, -0.2) is 0 Å². The van der Waals surface area contributed by atoms with E-state index in [-0.39, 0.29) is 12.5 Å². The number of rotatable bonds is 6. The molecule has 0 saturated carbocycles. The molecular formula is C14H19NO2S. The molecule has 0 aromatic carbocycles. The fraction of sp³-hybridized carbons (Fsp3) is 0.500. The van der Waals surface area contributed by atoms with Crippen molar-refractivity contribution in [1.82, 2.24) is 5.32 Å². The molecule has 0 radical (unpaired) electrons. The number of nitrogens with one attached hydrogen (secondary N) is 1. The van der Waals surface area contributed by atoms with Crippen molar-refractivity contribution in [1.29, 1.82) is 0 Å². The highest BCUT2D eigenvalue weighted by atomic mass is 32.1. The third kappa shape index (κ3) is 5.35. The maximum Gasteiger partial charge on any atom is 0.261 e. The van der Waals surface area contributed by atoms with E-state index in [4.69, 9.17) is 5.11 Å². The molecular weight excluding hydrogens is 246 g/mol. The maximum atomic E-state index is 11.8. The van der Waals surface area contributed by atoms with E-state index in [0.29, 0.717) is 4.88 Å². The zero-order valence-electron chi connectivity index (χ0n) is 10.7. The van der Waals surface area contributed by atoms with E-state index in [9.17, 15) is 4.79 Å². The predicted molar refractivity (Wildman–Crippen MR) is 74.8 cm³/mol. The highest BCUT2D eigenvalue weighted by Gasteiger charge is 2.07. The van der Waals surface area contributed by atoms with Gasteiger partial charge in [0.25, 0.3) is 5.91 Å². The average Bonchev–Trinajstić information content (AvgIpc) is 2.84. The average molecular weight is 265 g/mol. The lowest BCUT2D eigenvalue weighted by Gasteiger charge is -2.02. The topological polar surface area (TPSA) is 49.3 Å². The Morgan fingerprint density at radius 1 is 1.39 bits per heavy atom. The minimum absolute atomic E-state index is 0.0338. The van der Waals surface area contributed by atoms with Gasteiger partial charge in [-0.1, -0.05) is 38.0 Å². The molecule has 1 amide bonds. The summed E-state index contributed by atoms with van der Waals surface area (Å²) in [5, 5.41) is 11.5. The summed E-state index contributed by atoms with van der Waals surface area (Å²) in [6.07, 6.45) is 4.61. The first-order valence-electron chi connectivity index (χ1n) is 6.25. The third-order valence-corrected chi connectivity index (χ3v) is 3.44. The van der Waals surface area contributed by atoms with Crippen molar-refractivity contribution in [3.05, 3.63) is 21.9 Å². The Labute approximate surface area is 112 Å². The summed E-state index contributed by atoms with van der Waals surface area (Å²) in [6.45, 7) is 2.74. The third-order valence-electron chi connectivity index (χ3n) is 2.44. The van der Waals surface area contributed by atoms with E-state index in [1.165, 1.54) is 24.2 Å². The Morgan fingerprint density at radius 2 is 2.22 bits per heavy atom. The number of unbranched alkanes of at least 4 members (excludes halogenated alkanes) is 3. The Hall–Kier alpha value is -1.31. The number of hydrogen-bond acceptors (Lipinski definition) is 3. The lowest BCUT2D eigenvalue weighted by Crippen LogP contribution is -2.23. The van der Waals surface area contributed by atoms with Gasteiger partial charge in [-0.2, -0.15) is 0 Å². The monoisotopic (exact) mass is 265 g/mol. The van der Waals surface area contributed by atoms with Crippen molar-refractivity contribution in [2.75, 3.05) is 13.2 Å². The van der Waals surface area contributed by atoms with Crippen LogP contribution in [0.1, 0.15) is 47.2 Å². The van der Waals surface area contributed by atoms with Gasteiger partial charge in [0.05, 0.1) is 9.75 Å². The molecule has 1 aromatic rings. The van der Waals surface area contributed by atoms with Crippen LogP contribution < -0.4 is 5.32 Å². The Morgan fingerprint density at radius 3 is 2.94 bits per heavy atom. The highest BCUT2D eigenvalue weighted by molar-refractivity contribution is 7.14. The molecule has 4 heteroatoms. The zero-order chi connectivity index (χ0) is 13.2. The molecule has 0 unspecified atom stereocenters. The van der Waals surface area contributed by atoms with Crippen molar-refractivity contribution >= 4 is 17.2 Å². The number of aliphatic hydroxyl groups is 1. The molecule has 2 N–H and O–H groups in total. The van der Waals surface area contributed by atoms with E-state index < -0.39 is 0 Å². The fourth-order valence-electron chi connectivity index (χ4n) is 1.49. The number of carbonyl (C=O) groups excluding carboxylic acids is 1. The molecule has 0 aliphatic rings. The quantitative estimate of drug-likeness (QED) is 0.613. The lowest BCUT2D eigenvalue weighted by atomic mass is 10.2. The van der Waals surface area contributed by atoms with E-state index in [1.54, 1.807) is 12.1 Å². The normalized spacial score (nSPS) is 9.67. The highest BCUT2D eigenvalue weighted by Crippen LogP contribution is 2.15. The smallest absolute Gasteiger partial charge is 0.261 e. The molecule has 0 spiro atoms. The van der Waals surface area contributed by atoms with Crippen molar-refractivity contribution in [2.45, 2.75) is 32.6 Å². The first-order chi connectivity index (χ1) is 8.77. The number of amides is 1. The van der Waals surface area contributed by atoms with Crippen LogP contribution in [0.5, 0.6) is 0 Å². The second kappa shape index (κ2) is 8.73. The molecule has 3 nitrogen and oxygen atoms in total. The number of thiophene rings is 1. The summed E-state index contributed by atoms with van der Waals surface area (Å²) >= 11 is 1.35. The minimum atomic E-state index is -0.156. The summed E-state index contributed by atoms with van der Waals surface area (Å²) in [5.41, 5.74) is 0. The molecule has 98 valence electrons. The van der Waals surface area contributed by atoms with E-state index in [1.807, 2.05) is 0 Å². The number of aliphatic hydroxyl groups excluding tert-OH is 1. The van der Waals surface area contributed by atoms with Crippen LogP contribution in [0.3, 0.4) is 0 Å². The van der Waals surface area contributed by atoms with Crippen molar-refractivity contribution in [3.63, 3.8) is 0 Å². The largest absolute Gasteiger partial charge is 0.384 e. The second-order valence-electron chi connectivity index (χ2n) is 3.94. The van der Waals surface area contributed by atoms with Crippen LogP contribution in [0.25, 0.3) is 0 Å². The van der Waals surface area contributed by atoms with E-state index in [0.717, 1.165) is 24.3 Å².